The van der Waals surface area contributed by atoms with Crippen molar-refractivity contribution in [2.75, 3.05) is 13.2 Å². The van der Waals surface area contributed by atoms with E-state index in [0.717, 1.165) is 6.42 Å². The van der Waals surface area contributed by atoms with E-state index in [0.29, 0.717) is 30.3 Å². The number of hydrogen-bond acceptors (Lipinski definition) is 4. The van der Waals surface area contributed by atoms with E-state index < -0.39 is 0 Å². The number of aliphatic hydroxyl groups is 1. The highest BCUT2D eigenvalue weighted by atomic mass is 32.1. The third-order valence-corrected chi connectivity index (χ3v) is 3.56. The van der Waals surface area contributed by atoms with Crippen molar-refractivity contribution in [1.29, 1.82) is 0 Å². The zero-order valence-corrected chi connectivity index (χ0v) is 14.8. The Balaban J connectivity index is 2.57. The Morgan fingerprint density at radius 1 is 1.39 bits per heavy atom. The van der Waals surface area contributed by atoms with Crippen molar-refractivity contribution in [1.82, 2.24) is 10.6 Å². The first-order valence-corrected chi connectivity index (χ1v) is 8.32. The predicted molar refractivity (Wildman–Crippen MR) is 95.8 cm³/mol. The van der Waals surface area contributed by atoms with Crippen LogP contribution in [0, 0.1) is 5.92 Å². The topological polar surface area (TPSA) is 70.6 Å². The van der Waals surface area contributed by atoms with E-state index in [-0.39, 0.29) is 23.7 Å². The first-order chi connectivity index (χ1) is 11.0. The van der Waals surface area contributed by atoms with Crippen molar-refractivity contribution in [2.24, 2.45) is 5.92 Å². The first-order valence-electron chi connectivity index (χ1n) is 7.91. The SMILES string of the molecule is CCC(CO)NC(=S)NC(=O)c1cccc(OCCC(C)C)c1. The van der Waals surface area contributed by atoms with Crippen LogP contribution in [0.15, 0.2) is 24.3 Å². The first kappa shape index (κ1) is 19.4. The van der Waals surface area contributed by atoms with Gasteiger partial charge in [0.25, 0.3) is 5.91 Å². The molecule has 1 amide bonds. The van der Waals surface area contributed by atoms with Crippen LogP contribution in [0.3, 0.4) is 0 Å². The molecule has 0 aliphatic heterocycles. The highest BCUT2D eigenvalue weighted by Gasteiger charge is 2.11. The van der Waals surface area contributed by atoms with Gasteiger partial charge in [-0.1, -0.05) is 26.8 Å². The maximum absolute atomic E-state index is 12.2. The monoisotopic (exact) mass is 338 g/mol. The second-order valence-electron chi connectivity index (χ2n) is 5.77. The average Bonchev–Trinajstić information content (AvgIpc) is 2.52. The molecule has 5 nitrogen and oxygen atoms in total. The Morgan fingerprint density at radius 3 is 2.74 bits per heavy atom. The van der Waals surface area contributed by atoms with E-state index in [1.165, 1.54) is 0 Å². The molecule has 1 atom stereocenters. The van der Waals surface area contributed by atoms with Crippen LogP contribution in [0.1, 0.15) is 44.0 Å². The van der Waals surface area contributed by atoms with Crippen LogP contribution in [0.25, 0.3) is 0 Å². The lowest BCUT2D eigenvalue weighted by Crippen LogP contribution is -2.45. The minimum absolute atomic E-state index is 0.0360. The second kappa shape index (κ2) is 10.2. The smallest absolute Gasteiger partial charge is 0.257 e. The zero-order valence-electron chi connectivity index (χ0n) is 14.0. The molecule has 0 fully saturated rings. The summed E-state index contributed by atoms with van der Waals surface area (Å²) in [4.78, 5) is 12.2. The Kier molecular flexibility index (Phi) is 8.58. The molecule has 0 bridgehead atoms. The molecule has 3 N–H and O–H groups in total. The fourth-order valence-electron chi connectivity index (χ4n) is 1.81. The van der Waals surface area contributed by atoms with Crippen LogP contribution >= 0.6 is 12.2 Å². The maximum atomic E-state index is 12.2. The number of carbonyl (C=O) groups excluding carboxylic acids is 1. The van der Waals surface area contributed by atoms with Gasteiger partial charge in [-0.25, -0.2) is 0 Å². The Hall–Kier alpha value is -1.66. The van der Waals surface area contributed by atoms with Gasteiger partial charge in [-0.05, 0) is 49.2 Å². The quantitative estimate of drug-likeness (QED) is 0.635. The Bertz CT molecular complexity index is 516. The van der Waals surface area contributed by atoms with Crippen molar-refractivity contribution < 1.29 is 14.6 Å². The molecule has 0 aliphatic rings. The van der Waals surface area contributed by atoms with Gasteiger partial charge in [-0.2, -0.15) is 0 Å². The second-order valence-corrected chi connectivity index (χ2v) is 6.18. The number of benzene rings is 1. The zero-order chi connectivity index (χ0) is 17.2. The normalized spacial score (nSPS) is 11.9. The van der Waals surface area contributed by atoms with E-state index in [9.17, 15) is 4.79 Å². The number of hydrogen-bond donors (Lipinski definition) is 3. The lowest BCUT2D eigenvalue weighted by atomic mass is 10.1. The fourth-order valence-corrected chi connectivity index (χ4v) is 2.07. The minimum Gasteiger partial charge on any atom is -0.494 e. The highest BCUT2D eigenvalue weighted by molar-refractivity contribution is 7.80. The van der Waals surface area contributed by atoms with Crippen molar-refractivity contribution in [3.8, 4) is 5.75 Å². The summed E-state index contributed by atoms with van der Waals surface area (Å²) < 4.78 is 5.65. The highest BCUT2D eigenvalue weighted by Crippen LogP contribution is 2.14. The van der Waals surface area contributed by atoms with Crippen molar-refractivity contribution >= 4 is 23.2 Å². The van der Waals surface area contributed by atoms with E-state index in [1.54, 1.807) is 18.2 Å². The molecule has 0 aromatic heterocycles. The molecule has 0 heterocycles. The summed E-state index contributed by atoms with van der Waals surface area (Å²) in [5.74, 6) is 0.937. The molecule has 0 aliphatic carbocycles. The lowest BCUT2D eigenvalue weighted by molar-refractivity contribution is 0.0975. The largest absolute Gasteiger partial charge is 0.494 e. The molecule has 1 rings (SSSR count). The predicted octanol–water partition coefficient (Wildman–Crippen LogP) is 2.49. The van der Waals surface area contributed by atoms with Crippen LogP contribution in [0.5, 0.6) is 5.75 Å². The molecule has 1 aromatic carbocycles. The van der Waals surface area contributed by atoms with Crippen LogP contribution in [0.4, 0.5) is 0 Å². The standard InChI is InChI=1S/C17H26N2O3S/c1-4-14(11-20)18-17(23)19-16(21)13-6-5-7-15(10-13)22-9-8-12(2)3/h5-7,10,12,14,20H,4,8-9,11H2,1-3H3,(H2,18,19,21,23). The van der Waals surface area contributed by atoms with Gasteiger partial charge in [0.15, 0.2) is 5.11 Å². The molecule has 0 radical (unpaired) electrons. The fraction of sp³-hybridized carbons (Fsp3) is 0.529. The molecule has 128 valence electrons. The summed E-state index contributed by atoms with van der Waals surface area (Å²) in [5.41, 5.74) is 0.480. The molecule has 0 spiro atoms. The Labute approximate surface area is 143 Å². The van der Waals surface area contributed by atoms with Gasteiger partial charge in [0.2, 0.25) is 0 Å². The molecule has 1 unspecified atom stereocenters. The Morgan fingerprint density at radius 2 is 2.13 bits per heavy atom. The summed E-state index contributed by atoms with van der Waals surface area (Å²) in [6.07, 6.45) is 1.68. The van der Waals surface area contributed by atoms with Crippen LogP contribution in [0.2, 0.25) is 0 Å². The van der Waals surface area contributed by atoms with E-state index >= 15 is 0 Å². The van der Waals surface area contributed by atoms with Gasteiger partial charge < -0.3 is 15.2 Å². The van der Waals surface area contributed by atoms with Crippen LogP contribution in [-0.4, -0.2) is 35.4 Å². The molecule has 0 saturated carbocycles. The average molecular weight is 338 g/mol. The third-order valence-electron chi connectivity index (χ3n) is 3.34. The van der Waals surface area contributed by atoms with Gasteiger partial charge in [0.1, 0.15) is 5.75 Å². The maximum Gasteiger partial charge on any atom is 0.257 e. The number of rotatable bonds is 8. The molecule has 23 heavy (non-hydrogen) atoms. The van der Waals surface area contributed by atoms with E-state index in [2.05, 4.69) is 24.5 Å². The number of nitrogens with one attached hydrogen (secondary N) is 2. The summed E-state index contributed by atoms with van der Waals surface area (Å²) in [6.45, 7) is 6.79. The van der Waals surface area contributed by atoms with Crippen molar-refractivity contribution in [3.05, 3.63) is 29.8 Å². The number of amides is 1. The minimum atomic E-state index is -0.301. The van der Waals surface area contributed by atoms with Gasteiger partial charge in [0, 0.05) is 5.56 Å². The molecular weight excluding hydrogens is 312 g/mol. The third kappa shape index (κ3) is 7.43. The van der Waals surface area contributed by atoms with Crippen LogP contribution < -0.4 is 15.4 Å². The summed E-state index contributed by atoms with van der Waals surface area (Å²) in [5, 5.41) is 14.9. The van der Waals surface area contributed by atoms with Gasteiger partial charge in [-0.15, -0.1) is 0 Å². The lowest BCUT2D eigenvalue weighted by Gasteiger charge is -2.16. The van der Waals surface area contributed by atoms with Crippen molar-refractivity contribution in [2.45, 2.75) is 39.7 Å². The van der Waals surface area contributed by atoms with Gasteiger partial charge in [-0.3, -0.25) is 10.1 Å². The number of carbonyl (C=O) groups is 1. The number of aliphatic hydroxyl groups excluding tert-OH is 1. The summed E-state index contributed by atoms with van der Waals surface area (Å²) in [7, 11) is 0. The molecular formula is C17H26N2O3S. The van der Waals surface area contributed by atoms with Gasteiger partial charge in [0.05, 0.1) is 19.3 Å². The summed E-state index contributed by atoms with van der Waals surface area (Å²) in [6, 6.07) is 6.84. The van der Waals surface area contributed by atoms with Gasteiger partial charge >= 0.3 is 0 Å². The van der Waals surface area contributed by atoms with E-state index in [1.807, 2.05) is 13.0 Å². The summed E-state index contributed by atoms with van der Waals surface area (Å²) >= 11 is 5.09. The molecule has 0 saturated heterocycles. The molecule has 6 heteroatoms. The van der Waals surface area contributed by atoms with Crippen LogP contribution in [-0.2, 0) is 0 Å². The molecule has 1 aromatic rings. The number of ether oxygens (including phenoxy) is 1. The van der Waals surface area contributed by atoms with E-state index in [4.69, 9.17) is 22.1 Å². The van der Waals surface area contributed by atoms with Crippen molar-refractivity contribution in [3.63, 3.8) is 0 Å². The number of thiocarbonyl (C=S) groups is 1.